The van der Waals surface area contributed by atoms with Crippen LogP contribution in [0.5, 0.6) is 5.75 Å². The topological polar surface area (TPSA) is 80.5 Å². The van der Waals surface area contributed by atoms with Gasteiger partial charge in [-0.1, -0.05) is 18.2 Å². The molecule has 1 saturated heterocycles. The Morgan fingerprint density at radius 2 is 2.06 bits per heavy atom. The molecular formula is C23H28N4O3S. The highest BCUT2D eigenvalue weighted by molar-refractivity contribution is 7.11. The van der Waals surface area contributed by atoms with E-state index in [2.05, 4.69) is 5.10 Å². The minimum absolute atomic E-state index is 0.0357. The maximum absolute atomic E-state index is 12.8. The number of rotatable bonds is 6. The number of aromatic nitrogens is 3. The fourth-order valence-corrected chi connectivity index (χ4v) is 5.08. The van der Waals surface area contributed by atoms with Crippen LogP contribution in [0.4, 0.5) is 0 Å². The van der Waals surface area contributed by atoms with Crippen LogP contribution in [0.1, 0.15) is 45.2 Å². The summed E-state index contributed by atoms with van der Waals surface area (Å²) in [7, 11) is 1.80. The summed E-state index contributed by atoms with van der Waals surface area (Å²) < 4.78 is 7.44. The third-order valence-electron chi connectivity index (χ3n) is 5.68. The molecule has 8 heteroatoms. The van der Waals surface area contributed by atoms with Crippen molar-refractivity contribution in [1.29, 1.82) is 0 Å². The molecule has 1 atom stereocenters. The first kappa shape index (κ1) is 21.5. The van der Waals surface area contributed by atoms with Gasteiger partial charge in [0.1, 0.15) is 16.4 Å². The number of likely N-dealkylation sites (tertiary alicyclic amines) is 1. The van der Waals surface area contributed by atoms with Crippen molar-refractivity contribution in [2.24, 2.45) is 7.05 Å². The molecule has 1 amide bonds. The van der Waals surface area contributed by atoms with E-state index < -0.39 is 5.60 Å². The summed E-state index contributed by atoms with van der Waals surface area (Å²) in [5, 5.41) is 16.2. The third kappa shape index (κ3) is 4.97. The number of thiazole rings is 1. The molecule has 164 valence electrons. The molecule has 2 aromatic heterocycles. The number of para-hydroxylation sites is 1. The van der Waals surface area contributed by atoms with Crippen molar-refractivity contribution in [2.75, 3.05) is 19.7 Å². The standard InChI is InChI=1S/C23H28N4O3S/c1-17-20(9-14-30-19-7-4-3-5-8-19)31-22(25-17)23(29)10-6-12-27(13-11-23)21(28)18-15-24-26(2)16-18/h3-5,7-8,15-16,29H,6,9-14H2,1-2H3. The lowest BCUT2D eigenvalue weighted by atomic mass is 9.96. The number of amides is 1. The first-order valence-electron chi connectivity index (χ1n) is 10.6. The molecule has 1 N–H and O–H groups in total. The van der Waals surface area contributed by atoms with Crippen LogP contribution in [-0.4, -0.2) is 50.4 Å². The van der Waals surface area contributed by atoms with Gasteiger partial charge < -0.3 is 14.7 Å². The van der Waals surface area contributed by atoms with E-state index in [9.17, 15) is 9.90 Å². The Morgan fingerprint density at radius 1 is 1.26 bits per heavy atom. The van der Waals surface area contributed by atoms with Crippen LogP contribution < -0.4 is 4.74 Å². The Balaban J connectivity index is 1.39. The molecule has 3 heterocycles. The lowest BCUT2D eigenvalue weighted by molar-refractivity contribution is 0.0209. The number of hydrogen-bond donors (Lipinski definition) is 1. The van der Waals surface area contributed by atoms with Gasteiger partial charge in [-0.05, 0) is 31.9 Å². The second-order valence-corrected chi connectivity index (χ2v) is 9.10. The third-order valence-corrected chi connectivity index (χ3v) is 7.10. The van der Waals surface area contributed by atoms with E-state index in [0.717, 1.165) is 34.2 Å². The summed E-state index contributed by atoms with van der Waals surface area (Å²) in [6.07, 6.45) is 5.87. The van der Waals surface area contributed by atoms with Gasteiger partial charge in [-0.2, -0.15) is 5.10 Å². The molecule has 0 aliphatic carbocycles. The number of aliphatic hydroxyl groups is 1. The van der Waals surface area contributed by atoms with Crippen LogP contribution in [0.15, 0.2) is 42.7 Å². The second-order valence-electron chi connectivity index (χ2n) is 8.02. The molecule has 4 rings (SSSR count). The van der Waals surface area contributed by atoms with E-state index in [-0.39, 0.29) is 5.91 Å². The smallest absolute Gasteiger partial charge is 0.257 e. The number of nitrogens with zero attached hydrogens (tertiary/aromatic N) is 4. The molecule has 1 fully saturated rings. The molecule has 0 saturated carbocycles. The fourth-order valence-electron chi connectivity index (χ4n) is 3.89. The van der Waals surface area contributed by atoms with Crippen LogP contribution in [0.25, 0.3) is 0 Å². The van der Waals surface area contributed by atoms with Crippen LogP contribution in [0, 0.1) is 6.92 Å². The number of benzene rings is 1. The maximum Gasteiger partial charge on any atom is 0.257 e. The van der Waals surface area contributed by atoms with Crippen molar-refractivity contribution in [2.45, 2.75) is 38.2 Å². The fraction of sp³-hybridized carbons (Fsp3) is 0.435. The largest absolute Gasteiger partial charge is 0.493 e. The Hall–Kier alpha value is -2.71. The van der Waals surface area contributed by atoms with Gasteiger partial charge in [0.05, 0.1) is 24.1 Å². The van der Waals surface area contributed by atoms with Crippen LogP contribution >= 0.6 is 11.3 Å². The van der Waals surface area contributed by atoms with Gasteiger partial charge in [-0.25, -0.2) is 4.98 Å². The van der Waals surface area contributed by atoms with Crippen molar-refractivity contribution < 1.29 is 14.6 Å². The van der Waals surface area contributed by atoms with Crippen molar-refractivity contribution in [3.63, 3.8) is 0 Å². The van der Waals surface area contributed by atoms with Crippen molar-refractivity contribution in [1.82, 2.24) is 19.7 Å². The van der Waals surface area contributed by atoms with Crippen molar-refractivity contribution in [3.8, 4) is 5.75 Å². The average Bonchev–Trinajstić information content (AvgIpc) is 3.30. The summed E-state index contributed by atoms with van der Waals surface area (Å²) in [5.74, 6) is 0.817. The molecule has 1 aromatic carbocycles. The zero-order valence-corrected chi connectivity index (χ0v) is 18.8. The normalized spacial score (nSPS) is 19.3. The molecule has 1 unspecified atom stereocenters. The number of hydrogen-bond acceptors (Lipinski definition) is 6. The van der Waals surface area contributed by atoms with Gasteiger partial charge in [0.2, 0.25) is 0 Å². The minimum Gasteiger partial charge on any atom is -0.493 e. The molecule has 7 nitrogen and oxygen atoms in total. The van der Waals surface area contributed by atoms with E-state index in [4.69, 9.17) is 9.72 Å². The number of carbonyl (C=O) groups is 1. The van der Waals surface area contributed by atoms with Gasteiger partial charge in [0.25, 0.3) is 5.91 Å². The van der Waals surface area contributed by atoms with Crippen molar-refractivity contribution >= 4 is 17.2 Å². The van der Waals surface area contributed by atoms with Crippen molar-refractivity contribution in [3.05, 3.63) is 63.9 Å². The van der Waals surface area contributed by atoms with Gasteiger partial charge in [0, 0.05) is 44.1 Å². The van der Waals surface area contributed by atoms with Gasteiger partial charge >= 0.3 is 0 Å². The summed E-state index contributed by atoms with van der Waals surface area (Å²) in [6.45, 7) is 3.67. The Bertz CT molecular complexity index is 1030. The number of ether oxygens (including phenoxy) is 1. The van der Waals surface area contributed by atoms with E-state index in [1.54, 1.807) is 35.5 Å². The highest BCUT2D eigenvalue weighted by Crippen LogP contribution is 2.37. The molecule has 1 aliphatic heterocycles. The average molecular weight is 441 g/mol. The van der Waals surface area contributed by atoms with E-state index in [1.165, 1.54) is 0 Å². The summed E-state index contributed by atoms with van der Waals surface area (Å²) in [4.78, 5) is 20.4. The highest BCUT2D eigenvalue weighted by atomic mass is 32.1. The number of aryl methyl sites for hydroxylation is 2. The monoisotopic (exact) mass is 440 g/mol. The maximum atomic E-state index is 12.8. The molecule has 31 heavy (non-hydrogen) atoms. The zero-order chi connectivity index (χ0) is 21.8. The molecule has 1 aliphatic rings. The lowest BCUT2D eigenvalue weighted by Gasteiger charge is -2.24. The molecule has 3 aromatic rings. The SMILES string of the molecule is Cc1nc(C2(O)CCCN(C(=O)c3cnn(C)c3)CC2)sc1CCOc1ccccc1. The summed E-state index contributed by atoms with van der Waals surface area (Å²) in [6, 6.07) is 9.76. The molecule has 0 spiro atoms. The summed E-state index contributed by atoms with van der Waals surface area (Å²) in [5.41, 5.74) is 0.522. The van der Waals surface area contributed by atoms with E-state index in [1.807, 2.05) is 42.2 Å². The zero-order valence-electron chi connectivity index (χ0n) is 18.0. The Labute approximate surface area is 186 Å². The molecule has 0 bridgehead atoms. The van der Waals surface area contributed by atoms with Gasteiger partial charge in [0.15, 0.2) is 0 Å². The quantitative estimate of drug-likeness (QED) is 0.636. The van der Waals surface area contributed by atoms with E-state index in [0.29, 0.717) is 38.1 Å². The van der Waals surface area contributed by atoms with Crippen LogP contribution in [0.3, 0.4) is 0 Å². The first-order chi connectivity index (χ1) is 14.9. The second kappa shape index (κ2) is 9.20. The first-order valence-corrected chi connectivity index (χ1v) is 11.4. The predicted octanol–water partition coefficient (Wildman–Crippen LogP) is 3.32. The minimum atomic E-state index is -1.00. The Kier molecular flexibility index (Phi) is 6.38. The number of carbonyl (C=O) groups excluding carboxylic acids is 1. The lowest BCUT2D eigenvalue weighted by Crippen LogP contribution is -2.33. The molecular weight excluding hydrogens is 412 g/mol. The predicted molar refractivity (Wildman–Crippen MR) is 119 cm³/mol. The molecule has 0 radical (unpaired) electrons. The van der Waals surface area contributed by atoms with E-state index >= 15 is 0 Å². The van der Waals surface area contributed by atoms with Crippen LogP contribution in [0.2, 0.25) is 0 Å². The summed E-state index contributed by atoms with van der Waals surface area (Å²) >= 11 is 1.56. The highest BCUT2D eigenvalue weighted by Gasteiger charge is 2.36. The van der Waals surface area contributed by atoms with Gasteiger partial charge in [-0.3, -0.25) is 9.48 Å². The Morgan fingerprint density at radius 3 is 2.81 bits per heavy atom. The van der Waals surface area contributed by atoms with Crippen LogP contribution in [-0.2, 0) is 19.1 Å². The van der Waals surface area contributed by atoms with Gasteiger partial charge in [-0.15, -0.1) is 11.3 Å².